The summed E-state index contributed by atoms with van der Waals surface area (Å²) in [5, 5.41) is 0. The molecule has 6 nitrogen and oxygen atoms in total. The third kappa shape index (κ3) is 6.06. The molecule has 6 heteroatoms. The van der Waals surface area contributed by atoms with E-state index in [1.807, 2.05) is 37.3 Å². The lowest BCUT2D eigenvalue weighted by molar-refractivity contribution is -0.139. The van der Waals surface area contributed by atoms with Crippen molar-refractivity contribution in [2.45, 2.75) is 26.8 Å². The number of rotatable bonds is 9. The fraction of sp³-hybridized carbons (Fsp3) is 0.391. The molecule has 2 rings (SSSR count). The summed E-state index contributed by atoms with van der Waals surface area (Å²) in [6.07, 6.45) is 0.183. The number of methoxy groups -OCH3 is 3. The summed E-state index contributed by atoms with van der Waals surface area (Å²) in [6, 6.07) is 11.8. The number of carbonyl (C=O) groups is 2. The number of esters is 1. The summed E-state index contributed by atoms with van der Waals surface area (Å²) in [7, 11) is 4.61. The quantitative estimate of drug-likeness (QED) is 0.605. The zero-order chi connectivity index (χ0) is 21.4. The van der Waals surface area contributed by atoms with Gasteiger partial charge in [-0.25, -0.2) is 0 Å². The van der Waals surface area contributed by atoms with Crippen molar-refractivity contribution in [2.75, 3.05) is 34.5 Å². The molecule has 0 aliphatic heterocycles. The van der Waals surface area contributed by atoms with Crippen LogP contribution in [0.4, 0.5) is 0 Å². The van der Waals surface area contributed by atoms with E-state index in [9.17, 15) is 9.59 Å². The Morgan fingerprint density at radius 2 is 1.76 bits per heavy atom. The van der Waals surface area contributed by atoms with Gasteiger partial charge in [-0.1, -0.05) is 29.8 Å². The Morgan fingerprint density at radius 1 is 1.00 bits per heavy atom. The zero-order valence-electron chi connectivity index (χ0n) is 17.8. The molecule has 0 bridgehead atoms. The molecular formula is C23H29NO5. The molecule has 0 aliphatic rings. The summed E-state index contributed by atoms with van der Waals surface area (Å²) >= 11 is 0. The normalized spacial score (nSPS) is 10.5. The highest BCUT2D eigenvalue weighted by Crippen LogP contribution is 2.34. The predicted octanol–water partition coefficient (Wildman–Crippen LogP) is 3.38. The van der Waals surface area contributed by atoms with Crippen LogP contribution < -0.4 is 4.74 Å². The minimum absolute atomic E-state index is 0.0130. The number of hydrogen-bond acceptors (Lipinski definition) is 5. The van der Waals surface area contributed by atoms with Crippen LogP contribution in [0.2, 0.25) is 0 Å². The summed E-state index contributed by atoms with van der Waals surface area (Å²) in [6.45, 7) is 5.02. The van der Waals surface area contributed by atoms with Gasteiger partial charge in [0.25, 0.3) is 0 Å². The number of aryl methyl sites for hydroxylation is 1. The first kappa shape index (κ1) is 22.4. The van der Waals surface area contributed by atoms with Gasteiger partial charge < -0.3 is 19.1 Å². The number of benzene rings is 2. The third-order valence-electron chi connectivity index (χ3n) is 4.76. The average molecular weight is 399 g/mol. The van der Waals surface area contributed by atoms with Crippen molar-refractivity contribution in [1.82, 2.24) is 4.90 Å². The first-order valence-electron chi connectivity index (χ1n) is 9.47. The number of ether oxygens (including phenoxy) is 3. The van der Waals surface area contributed by atoms with E-state index in [1.54, 1.807) is 26.0 Å². The van der Waals surface area contributed by atoms with Crippen molar-refractivity contribution in [1.29, 1.82) is 0 Å². The smallest absolute Gasteiger partial charge is 0.309 e. The maximum Gasteiger partial charge on any atom is 0.309 e. The van der Waals surface area contributed by atoms with Gasteiger partial charge in [-0.3, -0.25) is 9.59 Å². The lowest BCUT2D eigenvalue weighted by Crippen LogP contribution is -2.31. The molecule has 0 spiro atoms. The summed E-state index contributed by atoms with van der Waals surface area (Å²) in [5.41, 5.74) is 4.78. The second-order valence-electron chi connectivity index (χ2n) is 6.88. The third-order valence-corrected chi connectivity index (χ3v) is 4.76. The zero-order valence-corrected chi connectivity index (χ0v) is 17.8. The van der Waals surface area contributed by atoms with Crippen LogP contribution in [0.3, 0.4) is 0 Å². The Kier molecular flexibility index (Phi) is 8.21. The molecule has 0 aliphatic carbocycles. The molecule has 0 unspecified atom stereocenters. The van der Waals surface area contributed by atoms with Gasteiger partial charge in [-0.2, -0.15) is 0 Å². The molecule has 0 N–H and O–H groups in total. The van der Waals surface area contributed by atoms with E-state index in [0.717, 1.165) is 27.8 Å². The molecular weight excluding hydrogens is 370 g/mol. The Morgan fingerprint density at radius 3 is 2.38 bits per heavy atom. The molecule has 0 fully saturated rings. The van der Waals surface area contributed by atoms with Crippen molar-refractivity contribution < 1.29 is 23.8 Å². The molecule has 1 amide bonds. The van der Waals surface area contributed by atoms with E-state index >= 15 is 0 Å². The topological polar surface area (TPSA) is 65.1 Å². The largest absolute Gasteiger partial charge is 0.496 e. The highest BCUT2D eigenvalue weighted by Gasteiger charge is 2.17. The van der Waals surface area contributed by atoms with E-state index in [2.05, 4.69) is 6.07 Å². The maximum atomic E-state index is 12.1. The first-order valence-corrected chi connectivity index (χ1v) is 9.47. The first-order chi connectivity index (χ1) is 13.9. The summed E-state index contributed by atoms with van der Waals surface area (Å²) < 4.78 is 15.5. The fourth-order valence-corrected chi connectivity index (χ4v) is 3.19. The molecule has 2 aromatic rings. The van der Waals surface area contributed by atoms with Gasteiger partial charge in [0.1, 0.15) is 5.75 Å². The molecule has 29 heavy (non-hydrogen) atoms. The van der Waals surface area contributed by atoms with Gasteiger partial charge in [-0.15, -0.1) is 0 Å². The van der Waals surface area contributed by atoms with Gasteiger partial charge in [0.15, 0.2) is 0 Å². The van der Waals surface area contributed by atoms with Gasteiger partial charge in [0.05, 0.1) is 27.2 Å². The Hall–Kier alpha value is -2.86. The Labute approximate surface area is 172 Å². The Bertz CT molecular complexity index is 862. The fourth-order valence-electron chi connectivity index (χ4n) is 3.19. The van der Waals surface area contributed by atoms with E-state index in [4.69, 9.17) is 14.2 Å². The molecule has 2 aromatic carbocycles. The minimum Gasteiger partial charge on any atom is -0.496 e. The number of nitrogens with zero attached hydrogens (tertiary/aromatic N) is 1. The van der Waals surface area contributed by atoms with Crippen LogP contribution >= 0.6 is 0 Å². The molecule has 0 radical (unpaired) electrons. The average Bonchev–Trinajstić information content (AvgIpc) is 2.70. The van der Waals surface area contributed by atoms with Crippen molar-refractivity contribution >= 4 is 11.9 Å². The monoisotopic (exact) mass is 399 g/mol. The van der Waals surface area contributed by atoms with E-state index in [0.29, 0.717) is 25.4 Å². The number of amides is 1. The van der Waals surface area contributed by atoms with Crippen LogP contribution in [0.5, 0.6) is 5.75 Å². The SMILES string of the molecule is COCCN(Cc1cc(C)ccc1-c1cc(CC(=O)OC)ccc1OC)C(C)=O. The van der Waals surface area contributed by atoms with Crippen molar-refractivity contribution in [3.05, 3.63) is 53.1 Å². The van der Waals surface area contributed by atoms with Gasteiger partial charge in [-0.05, 0) is 35.7 Å². The second-order valence-corrected chi connectivity index (χ2v) is 6.88. The number of hydrogen-bond donors (Lipinski definition) is 0. The van der Waals surface area contributed by atoms with Crippen LogP contribution in [0, 0.1) is 6.92 Å². The van der Waals surface area contributed by atoms with Crippen LogP contribution in [0.1, 0.15) is 23.6 Å². The molecule has 0 saturated carbocycles. The van der Waals surface area contributed by atoms with Crippen LogP contribution in [-0.4, -0.2) is 51.3 Å². The van der Waals surface area contributed by atoms with Crippen molar-refractivity contribution in [3.8, 4) is 16.9 Å². The van der Waals surface area contributed by atoms with Gasteiger partial charge in [0.2, 0.25) is 5.91 Å². The van der Waals surface area contributed by atoms with Crippen molar-refractivity contribution in [2.24, 2.45) is 0 Å². The van der Waals surface area contributed by atoms with Gasteiger partial charge in [0, 0.05) is 32.7 Å². The molecule has 0 saturated heterocycles. The highest BCUT2D eigenvalue weighted by atomic mass is 16.5. The molecule has 156 valence electrons. The number of carbonyl (C=O) groups excluding carboxylic acids is 2. The van der Waals surface area contributed by atoms with Crippen LogP contribution in [0.25, 0.3) is 11.1 Å². The van der Waals surface area contributed by atoms with E-state index in [1.165, 1.54) is 7.11 Å². The lowest BCUT2D eigenvalue weighted by Gasteiger charge is -2.23. The van der Waals surface area contributed by atoms with E-state index in [-0.39, 0.29) is 18.3 Å². The van der Waals surface area contributed by atoms with Crippen LogP contribution in [0.15, 0.2) is 36.4 Å². The Balaban J connectivity index is 2.49. The summed E-state index contributed by atoms with van der Waals surface area (Å²) in [4.78, 5) is 25.6. The lowest BCUT2D eigenvalue weighted by atomic mass is 9.94. The van der Waals surface area contributed by atoms with Crippen molar-refractivity contribution in [3.63, 3.8) is 0 Å². The van der Waals surface area contributed by atoms with Gasteiger partial charge >= 0.3 is 5.97 Å². The second kappa shape index (κ2) is 10.6. The molecule has 0 aromatic heterocycles. The molecule has 0 heterocycles. The maximum absolute atomic E-state index is 12.1. The minimum atomic E-state index is -0.299. The molecule has 0 atom stereocenters. The highest BCUT2D eigenvalue weighted by molar-refractivity contribution is 5.78. The predicted molar refractivity (Wildman–Crippen MR) is 112 cm³/mol. The standard InChI is InChI=1S/C23H29NO5/c1-16-6-8-20(19(12-16)15-24(17(2)25)10-11-27-3)21-13-18(14-23(26)29-5)7-9-22(21)28-4/h6-9,12-13H,10-11,14-15H2,1-5H3. The van der Waals surface area contributed by atoms with Crippen LogP contribution in [-0.2, 0) is 32.0 Å². The van der Waals surface area contributed by atoms with E-state index < -0.39 is 0 Å². The summed E-state index contributed by atoms with van der Waals surface area (Å²) in [5.74, 6) is 0.392.